The van der Waals surface area contributed by atoms with Crippen LogP contribution in [0.25, 0.3) is 22.8 Å². The van der Waals surface area contributed by atoms with Crippen molar-refractivity contribution in [2.75, 3.05) is 0 Å². The van der Waals surface area contributed by atoms with E-state index in [1.165, 1.54) is 18.2 Å². The normalized spacial score (nSPS) is 22.9. The van der Waals surface area contributed by atoms with Gasteiger partial charge in [-0.3, -0.25) is 5.10 Å². The van der Waals surface area contributed by atoms with Crippen molar-refractivity contribution in [2.24, 2.45) is 5.41 Å². The fourth-order valence-electron chi connectivity index (χ4n) is 6.13. The molecule has 2 bridgehead atoms. The van der Waals surface area contributed by atoms with Crippen molar-refractivity contribution in [2.45, 2.75) is 51.0 Å². The Balaban J connectivity index is 1.49. The molecule has 0 saturated heterocycles. The Morgan fingerprint density at radius 3 is 2.49 bits per heavy atom. The number of aromatic nitrogens is 6. The van der Waals surface area contributed by atoms with Gasteiger partial charge in [-0.2, -0.15) is 10.2 Å². The number of aliphatic hydroxyl groups is 1. The third-order valence-corrected chi connectivity index (χ3v) is 7.91. The Hall–Kier alpha value is -3.59. The van der Waals surface area contributed by atoms with Gasteiger partial charge in [-0.25, -0.2) is 18.7 Å². The Morgan fingerprint density at radius 2 is 1.77 bits per heavy atom. The summed E-state index contributed by atoms with van der Waals surface area (Å²) in [7, 11) is 0. The van der Waals surface area contributed by atoms with E-state index in [2.05, 4.69) is 39.2 Å². The van der Waals surface area contributed by atoms with E-state index in [9.17, 15) is 13.9 Å². The molecule has 6 rings (SSSR count). The second-order valence-corrected chi connectivity index (χ2v) is 9.98. The number of benzene rings is 1. The zero-order valence-electron chi connectivity index (χ0n) is 19.5. The van der Waals surface area contributed by atoms with Crippen LogP contribution in [-0.4, -0.2) is 35.5 Å². The lowest BCUT2D eigenvalue weighted by molar-refractivity contribution is 0.189. The SMILES string of the molecule is C[C@@H](O)c1nc(-c2cccc([C@]34CC[C@@H](c5cc(-c6c(F)cccc6F)nnc53)C4(C)C)n2)n[nH]1. The van der Waals surface area contributed by atoms with Crippen LogP contribution in [0.3, 0.4) is 0 Å². The summed E-state index contributed by atoms with van der Waals surface area (Å²) in [4.78, 5) is 9.33. The average Bonchev–Trinajstić information content (AvgIpc) is 3.48. The third kappa shape index (κ3) is 2.94. The van der Waals surface area contributed by atoms with Crippen molar-refractivity contribution in [3.05, 3.63) is 76.9 Å². The molecular formula is C26H24F2N6O. The molecule has 178 valence electrons. The Kier molecular flexibility index (Phi) is 4.67. The summed E-state index contributed by atoms with van der Waals surface area (Å²) >= 11 is 0. The van der Waals surface area contributed by atoms with Gasteiger partial charge < -0.3 is 5.11 Å². The van der Waals surface area contributed by atoms with E-state index in [-0.39, 0.29) is 22.6 Å². The van der Waals surface area contributed by atoms with Gasteiger partial charge in [-0.1, -0.05) is 26.0 Å². The minimum Gasteiger partial charge on any atom is -0.385 e. The molecule has 0 aliphatic heterocycles. The van der Waals surface area contributed by atoms with Crippen LogP contribution in [0.15, 0.2) is 42.5 Å². The number of hydrogen-bond acceptors (Lipinski definition) is 6. The van der Waals surface area contributed by atoms with Crippen molar-refractivity contribution in [1.29, 1.82) is 0 Å². The maximum Gasteiger partial charge on any atom is 0.199 e. The van der Waals surface area contributed by atoms with Gasteiger partial charge in [0.15, 0.2) is 11.6 Å². The van der Waals surface area contributed by atoms with Crippen molar-refractivity contribution in [1.82, 2.24) is 30.4 Å². The molecule has 2 aliphatic rings. The molecule has 1 saturated carbocycles. The van der Waals surface area contributed by atoms with Gasteiger partial charge in [-0.15, -0.1) is 5.10 Å². The number of nitrogens with one attached hydrogen (secondary N) is 1. The van der Waals surface area contributed by atoms with E-state index in [0.717, 1.165) is 29.8 Å². The molecule has 2 N–H and O–H groups in total. The molecule has 2 aliphatic carbocycles. The molecule has 0 unspecified atom stereocenters. The van der Waals surface area contributed by atoms with E-state index in [0.29, 0.717) is 17.3 Å². The van der Waals surface area contributed by atoms with E-state index in [1.54, 1.807) is 13.0 Å². The number of hydrogen-bond donors (Lipinski definition) is 2. The predicted octanol–water partition coefficient (Wildman–Crippen LogP) is 4.86. The van der Waals surface area contributed by atoms with Crippen molar-refractivity contribution < 1.29 is 13.9 Å². The molecule has 7 nitrogen and oxygen atoms in total. The second-order valence-electron chi connectivity index (χ2n) is 9.98. The monoisotopic (exact) mass is 474 g/mol. The van der Waals surface area contributed by atoms with E-state index in [1.807, 2.05) is 18.2 Å². The molecule has 3 aromatic heterocycles. The number of fused-ring (bicyclic) bond motifs is 5. The molecule has 1 fully saturated rings. The summed E-state index contributed by atoms with van der Waals surface area (Å²) < 4.78 is 29.0. The first kappa shape index (κ1) is 21.9. The molecule has 0 radical (unpaired) electrons. The second kappa shape index (κ2) is 7.45. The molecule has 4 aromatic rings. The minimum atomic E-state index is -0.766. The molecule has 0 spiro atoms. The summed E-state index contributed by atoms with van der Waals surface area (Å²) in [6.45, 7) is 6.01. The highest BCUT2D eigenvalue weighted by atomic mass is 19.1. The van der Waals surface area contributed by atoms with Crippen LogP contribution < -0.4 is 0 Å². The van der Waals surface area contributed by atoms with Crippen LogP contribution in [0.5, 0.6) is 0 Å². The summed E-state index contributed by atoms with van der Waals surface area (Å²) in [5.41, 5.74) is 2.49. The lowest BCUT2D eigenvalue weighted by Gasteiger charge is -2.37. The summed E-state index contributed by atoms with van der Waals surface area (Å²) in [5, 5.41) is 25.6. The summed E-state index contributed by atoms with van der Waals surface area (Å²) in [5.74, 6) is -0.391. The van der Waals surface area contributed by atoms with E-state index < -0.39 is 23.2 Å². The first-order valence-corrected chi connectivity index (χ1v) is 11.6. The van der Waals surface area contributed by atoms with Gasteiger partial charge in [-0.05, 0) is 67.0 Å². The van der Waals surface area contributed by atoms with Gasteiger partial charge in [0.1, 0.15) is 23.4 Å². The van der Waals surface area contributed by atoms with E-state index in [4.69, 9.17) is 4.98 Å². The first-order chi connectivity index (χ1) is 16.7. The highest BCUT2D eigenvalue weighted by Gasteiger charge is 2.65. The fraction of sp³-hybridized carbons (Fsp3) is 0.346. The highest BCUT2D eigenvalue weighted by Crippen LogP contribution is 2.69. The summed E-state index contributed by atoms with van der Waals surface area (Å²) in [6, 6.07) is 11.3. The molecule has 0 amide bonds. The van der Waals surface area contributed by atoms with Crippen LogP contribution in [0.1, 0.15) is 68.4 Å². The number of halogens is 2. The van der Waals surface area contributed by atoms with Gasteiger partial charge in [0.2, 0.25) is 0 Å². The van der Waals surface area contributed by atoms with Gasteiger partial charge in [0.25, 0.3) is 0 Å². The number of rotatable bonds is 4. The fourth-order valence-corrected chi connectivity index (χ4v) is 6.13. The van der Waals surface area contributed by atoms with Crippen LogP contribution in [0.2, 0.25) is 0 Å². The number of aliphatic hydroxyl groups excluding tert-OH is 1. The molecule has 1 aromatic carbocycles. The summed E-state index contributed by atoms with van der Waals surface area (Å²) in [6.07, 6.45) is 0.977. The van der Waals surface area contributed by atoms with Crippen molar-refractivity contribution in [3.8, 4) is 22.8 Å². The molecule has 35 heavy (non-hydrogen) atoms. The highest BCUT2D eigenvalue weighted by molar-refractivity contribution is 5.64. The quantitative estimate of drug-likeness (QED) is 0.438. The Labute approximate surface area is 200 Å². The lowest BCUT2D eigenvalue weighted by Crippen LogP contribution is -2.37. The standard InChI is InChI=1S/C26H24F2N6O/c1-13(35)23-30-24(34-33-23)18-8-5-9-20(29-18)26-11-10-15(25(26,2)3)14-12-19(31-32-22(14)26)21-16(27)6-4-7-17(21)28/h4-9,12-13,15,35H,10-11H2,1-3H3,(H,30,33,34)/t13-,15+,26-/m1/s1. The molecule has 9 heteroatoms. The zero-order valence-corrected chi connectivity index (χ0v) is 19.5. The average molecular weight is 475 g/mol. The lowest BCUT2D eigenvalue weighted by atomic mass is 9.66. The third-order valence-electron chi connectivity index (χ3n) is 7.91. The maximum atomic E-state index is 14.5. The van der Waals surface area contributed by atoms with Crippen LogP contribution in [0, 0.1) is 17.0 Å². The number of H-pyrrole nitrogens is 1. The van der Waals surface area contributed by atoms with Gasteiger partial charge in [0, 0.05) is 0 Å². The number of nitrogens with zero attached hydrogens (tertiary/aromatic N) is 5. The van der Waals surface area contributed by atoms with Gasteiger partial charge >= 0.3 is 0 Å². The van der Waals surface area contributed by atoms with E-state index >= 15 is 0 Å². The largest absolute Gasteiger partial charge is 0.385 e. The van der Waals surface area contributed by atoms with Crippen molar-refractivity contribution in [3.63, 3.8) is 0 Å². The van der Waals surface area contributed by atoms with Crippen molar-refractivity contribution >= 4 is 0 Å². The zero-order chi connectivity index (χ0) is 24.5. The molecule has 3 atom stereocenters. The first-order valence-electron chi connectivity index (χ1n) is 11.6. The number of aromatic amines is 1. The Morgan fingerprint density at radius 1 is 1.03 bits per heavy atom. The van der Waals surface area contributed by atoms with Gasteiger partial charge in [0.05, 0.1) is 28.1 Å². The topological polar surface area (TPSA) is 100 Å². The van der Waals surface area contributed by atoms with Crippen LogP contribution in [-0.2, 0) is 5.41 Å². The minimum absolute atomic E-state index is 0.150. The number of pyridine rings is 1. The molecular weight excluding hydrogens is 450 g/mol. The predicted molar refractivity (Wildman–Crippen MR) is 124 cm³/mol. The Bertz CT molecular complexity index is 1450. The van der Waals surface area contributed by atoms with Crippen LogP contribution >= 0.6 is 0 Å². The smallest absolute Gasteiger partial charge is 0.199 e. The van der Waals surface area contributed by atoms with Crippen LogP contribution in [0.4, 0.5) is 8.78 Å². The maximum absolute atomic E-state index is 14.5. The molecule has 3 heterocycles.